The van der Waals surface area contributed by atoms with Gasteiger partial charge in [-0.3, -0.25) is 0 Å². The fourth-order valence-electron chi connectivity index (χ4n) is 2.38. The number of benzene rings is 2. The molecule has 2 rings (SSSR count). The lowest BCUT2D eigenvalue weighted by molar-refractivity contribution is 0.0526. The van der Waals surface area contributed by atoms with Crippen molar-refractivity contribution in [3.63, 3.8) is 0 Å². The molecule has 0 N–H and O–H groups in total. The molecule has 0 radical (unpaired) electrons. The molecule has 0 atom stereocenters. The third-order valence-electron chi connectivity index (χ3n) is 3.57. The maximum atomic E-state index is 12.1. The molecule has 0 aliphatic rings. The van der Waals surface area contributed by atoms with Crippen molar-refractivity contribution in [2.24, 2.45) is 0 Å². The van der Waals surface area contributed by atoms with Crippen LogP contribution in [-0.2, 0) is 4.74 Å². The molecule has 0 saturated carbocycles. The Morgan fingerprint density at radius 2 is 1.80 bits per heavy atom. The number of carbonyl (C=O) groups excluding carboxylic acids is 1. The van der Waals surface area contributed by atoms with Crippen LogP contribution < -0.4 is 14.2 Å². The van der Waals surface area contributed by atoms with Gasteiger partial charge in [0.2, 0.25) is 0 Å². The van der Waals surface area contributed by atoms with Gasteiger partial charge < -0.3 is 18.9 Å². The number of hydrogen-bond acceptors (Lipinski definition) is 5. The summed E-state index contributed by atoms with van der Waals surface area (Å²) in [5.74, 6) is 1.39. The number of ether oxygens (including phenoxy) is 4. The summed E-state index contributed by atoms with van der Waals surface area (Å²) < 4.78 is 21.1. The average Bonchev–Trinajstić information content (AvgIpc) is 2.65. The van der Waals surface area contributed by atoms with Crippen LogP contribution in [0.5, 0.6) is 17.2 Å². The number of rotatable bonds is 7. The number of esters is 1. The predicted octanol–water partition coefficient (Wildman–Crippen LogP) is 4.06. The van der Waals surface area contributed by atoms with Gasteiger partial charge in [0.05, 0.1) is 33.5 Å². The van der Waals surface area contributed by atoms with E-state index < -0.39 is 5.97 Å². The van der Waals surface area contributed by atoms with E-state index in [0.717, 1.165) is 11.3 Å². The van der Waals surface area contributed by atoms with Crippen molar-refractivity contribution in [2.75, 3.05) is 27.9 Å². The van der Waals surface area contributed by atoms with Gasteiger partial charge in [-0.2, -0.15) is 0 Å². The van der Waals surface area contributed by atoms with Crippen LogP contribution in [0.15, 0.2) is 36.4 Å². The van der Waals surface area contributed by atoms with Crippen molar-refractivity contribution in [1.29, 1.82) is 0 Å². The molecule has 0 bridgehead atoms. The van der Waals surface area contributed by atoms with Gasteiger partial charge in [-0.25, -0.2) is 4.79 Å². The van der Waals surface area contributed by atoms with Crippen molar-refractivity contribution in [3.8, 4) is 17.2 Å². The molecule has 0 aliphatic heterocycles. The Morgan fingerprint density at radius 1 is 1.00 bits per heavy atom. The molecular formula is C20H22O5. The summed E-state index contributed by atoms with van der Waals surface area (Å²) in [5, 5.41) is 0. The lowest BCUT2D eigenvalue weighted by atomic mass is 10.1. The van der Waals surface area contributed by atoms with Crippen molar-refractivity contribution in [3.05, 3.63) is 53.1 Å². The first-order chi connectivity index (χ1) is 12.1. The number of carbonyl (C=O) groups is 1. The van der Waals surface area contributed by atoms with E-state index >= 15 is 0 Å². The van der Waals surface area contributed by atoms with E-state index in [1.54, 1.807) is 33.3 Å². The van der Waals surface area contributed by atoms with Crippen molar-refractivity contribution < 1.29 is 23.7 Å². The van der Waals surface area contributed by atoms with Gasteiger partial charge in [-0.1, -0.05) is 24.3 Å². The normalized spacial score (nSPS) is 10.6. The maximum absolute atomic E-state index is 12.1. The van der Waals surface area contributed by atoms with Gasteiger partial charge in [0.1, 0.15) is 5.75 Å². The standard InChI is InChI=1S/C20H22O5/c1-5-25-20(21)16-12-15(19(24-4)18(13-16)23-3)10-9-14-7-6-8-17(11-14)22-2/h6-13H,5H2,1-4H3/b10-9+. The zero-order chi connectivity index (χ0) is 18.2. The minimum atomic E-state index is -0.403. The summed E-state index contributed by atoms with van der Waals surface area (Å²) in [4.78, 5) is 12.1. The Labute approximate surface area is 147 Å². The first-order valence-corrected chi connectivity index (χ1v) is 7.88. The Bertz CT molecular complexity index is 765. The van der Waals surface area contributed by atoms with E-state index in [9.17, 15) is 4.79 Å². The van der Waals surface area contributed by atoms with Crippen molar-refractivity contribution in [1.82, 2.24) is 0 Å². The van der Waals surface area contributed by atoms with Crippen LogP contribution in [0.1, 0.15) is 28.4 Å². The smallest absolute Gasteiger partial charge is 0.338 e. The largest absolute Gasteiger partial charge is 0.497 e. The van der Waals surface area contributed by atoms with Gasteiger partial charge in [-0.05, 0) is 36.8 Å². The molecule has 0 aromatic heterocycles. The molecule has 5 nitrogen and oxygen atoms in total. The van der Waals surface area contributed by atoms with Crippen molar-refractivity contribution >= 4 is 18.1 Å². The summed E-state index contributed by atoms with van der Waals surface area (Å²) in [6.45, 7) is 2.07. The number of hydrogen-bond donors (Lipinski definition) is 0. The zero-order valence-electron chi connectivity index (χ0n) is 14.9. The van der Waals surface area contributed by atoms with Gasteiger partial charge >= 0.3 is 5.97 Å². The van der Waals surface area contributed by atoms with Crippen LogP contribution in [-0.4, -0.2) is 33.9 Å². The second-order valence-electron chi connectivity index (χ2n) is 5.13. The topological polar surface area (TPSA) is 54.0 Å². The van der Waals surface area contributed by atoms with E-state index in [4.69, 9.17) is 18.9 Å². The Hall–Kier alpha value is -2.95. The summed E-state index contributed by atoms with van der Waals surface area (Å²) in [6, 6.07) is 11.0. The fraction of sp³-hybridized carbons (Fsp3) is 0.250. The monoisotopic (exact) mass is 342 g/mol. The predicted molar refractivity (Wildman–Crippen MR) is 97.4 cm³/mol. The second-order valence-corrected chi connectivity index (χ2v) is 5.13. The Morgan fingerprint density at radius 3 is 2.44 bits per heavy atom. The van der Waals surface area contributed by atoms with Gasteiger partial charge in [0.25, 0.3) is 0 Å². The van der Waals surface area contributed by atoms with E-state index in [1.807, 2.05) is 36.4 Å². The Balaban J connectivity index is 2.44. The third-order valence-corrected chi connectivity index (χ3v) is 3.57. The number of methoxy groups -OCH3 is 3. The lowest BCUT2D eigenvalue weighted by Crippen LogP contribution is -2.06. The quantitative estimate of drug-likeness (QED) is 0.561. The maximum Gasteiger partial charge on any atom is 0.338 e. The second kappa shape index (κ2) is 8.78. The molecule has 0 fully saturated rings. The highest BCUT2D eigenvalue weighted by molar-refractivity contribution is 5.92. The average molecular weight is 342 g/mol. The first-order valence-electron chi connectivity index (χ1n) is 7.88. The molecule has 25 heavy (non-hydrogen) atoms. The SMILES string of the molecule is CCOC(=O)c1cc(/C=C/c2cccc(OC)c2)c(OC)c(OC)c1. The molecule has 0 aliphatic carbocycles. The van der Waals surface area contributed by atoms with E-state index in [-0.39, 0.29) is 0 Å². The first kappa shape index (κ1) is 18.4. The highest BCUT2D eigenvalue weighted by Crippen LogP contribution is 2.34. The minimum absolute atomic E-state index is 0.308. The van der Waals surface area contributed by atoms with Crippen LogP contribution in [0, 0.1) is 0 Å². The summed E-state index contributed by atoms with van der Waals surface area (Å²) in [5.41, 5.74) is 2.08. The van der Waals surface area contributed by atoms with Crippen LogP contribution in [0.2, 0.25) is 0 Å². The van der Waals surface area contributed by atoms with Crippen LogP contribution in [0.25, 0.3) is 12.2 Å². The highest BCUT2D eigenvalue weighted by atomic mass is 16.5. The van der Waals surface area contributed by atoms with Crippen LogP contribution >= 0.6 is 0 Å². The minimum Gasteiger partial charge on any atom is -0.497 e. The summed E-state index contributed by atoms with van der Waals surface area (Å²) in [7, 11) is 4.71. The molecule has 5 heteroatoms. The molecule has 0 saturated heterocycles. The zero-order valence-corrected chi connectivity index (χ0v) is 14.9. The molecule has 0 spiro atoms. The van der Waals surface area contributed by atoms with Crippen molar-refractivity contribution in [2.45, 2.75) is 6.92 Å². The van der Waals surface area contributed by atoms with Crippen LogP contribution in [0.3, 0.4) is 0 Å². The van der Waals surface area contributed by atoms with Gasteiger partial charge in [0.15, 0.2) is 11.5 Å². The van der Waals surface area contributed by atoms with Gasteiger partial charge in [0, 0.05) is 5.56 Å². The molecular weight excluding hydrogens is 320 g/mol. The van der Waals surface area contributed by atoms with Crippen LogP contribution in [0.4, 0.5) is 0 Å². The molecule has 132 valence electrons. The van der Waals surface area contributed by atoms with Gasteiger partial charge in [-0.15, -0.1) is 0 Å². The molecule has 2 aromatic carbocycles. The molecule has 0 heterocycles. The van der Waals surface area contributed by atoms with E-state index in [1.165, 1.54) is 7.11 Å². The Kier molecular flexibility index (Phi) is 6.46. The highest BCUT2D eigenvalue weighted by Gasteiger charge is 2.15. The lowest BCUT2D eigenvalue weighted by Gasteiger charge is -2.13. The van der Waals surface area contributed by atoms with E-state index in [2.05, 4.69) is 0 Å². The summed E-state index contributed by atoms with van der Waals surface area (Å²) >= 11 is 0. The molecule has 2 aromatic rings. The molecule has 0 unspecified atom stereocenters. The summed E-state index contributed by atoms with van der Waals surface area (Å²) in [6.07, 6.45) is 3.77. The molecule has 0 amide bonds. The third kappa shape index (κ3) is 4.53. The fourth-order valence-corrected chi connectivity index (χ4v) is 2.38. The van der Waals surface area contributed by atoms with E-state index in [0.29, 0.717) is 29.2 Å².